The Morgan fingerprint density at radius 2 is 1.14 bits per heavy atom. The quantitative estimate of drug-likeness (QED) is 0.256. The van der Waals surface area contributed by atoms with Crippen LogP contribution in [0.3, 0.4) is 0 Å². The highest BCUT2D eigenvalue weighted by molar-refractivity contribution is 5.56. The summed E-state index contributed by atoms with van der Waals surface area (Å²) < 4.78 is 11.5. The summed E-state index contributed by atoms with van der Waals surface area (Å²) >= 11 is 0. The van der Waals surface area contributed by atoms with E-state index in [-0.39, 0.29) is 0 Å². The van der Waals surface area contributed by atoms with Gasteiger partial charge >= 0.3 is 0 Å². The molecule has 0 saturated heterocycles. The maximum Gasteiger partial charge on any atom is 0.123 e. The predicted molar refractivity (Wildman–Crippen MR) is 117 cm³/mol. The molecule has 0 heterocycles. The van der Waals surface area contributed by atoms with Crippen molar-refractivity contribution in [3.05, 3.63) is 72.8 Å². The van der Waals surface area contributed by atoms with E-state index in [1.807, 2.05) is 54.6 Å². The van der Waals surface area contributed by atoms with Gasteiger partial charge in [-0.25, -0.2) is 0 Å². The Kier molecular flexibility index (Phi) is 7.46. The molecule has 0 aliphatic heterocycles. The number of unbranched alkanes of at least 4 members (excludes halogenated alkanes) is 2. The number of anilines is 2. The van der Waals surface area contributed by atoms with Crippen molar-refractivity contribution in [1.82, 2.24) is 0 Å². The van der Waals surface area contributed by atoms with E-state index < -0.39 is 0 Å². The highest BCUT2D eigenvalue weighted by Gasteiger charge is 1.99. The lowest BCUT2D eigenvalue weighted by molar-refractivity contribution is 0.279. The number of rotatable bonds is 10. The maximum absolute atomic E-state index is 5.77. The molecule has 6 heteroatoms. The third-order valence-corrected chi connectivity index (χ3v) is 4.15. The van der Waals surface area contributed by atoms with Gasteiger partial charge in [0.15, 0.2) is 0 Å². The van der Waals surface area contributed by atoms with E-state index in [1.54, 1.807) is 18.2 Å². The number of nitrogens with two attached hydrogens (primary N) is 2. The Labute approximate surface area is 171 Å². The first-order valence-corrected chi connectivity index (χ1v) is 9.67. The zero-order valence-electron chi connectivity index (χ0n) is 16.3. The zero-order valence-corrected chi connectivity index (χ0v) is 16.3. The third kappa shape index (κ3) is 7.18. The van der Waals surface area contributed by atoms with Crippen LogP contribution in [-0.4, -0.2) is 13.2 Å². The van der Waals surface area contributed by atoms with Gasteiger partial charge in [-0.1, -0.05) is 18.2 Å². The minimum Gasteiger partial charge on any atom is -0.494 e. The van der Waals surface area contributed by atoms with E-state index in [2.05, 4.69) is 10.2 Å². The first-order chi connectivity index (χ1) is 14.2. The number of hydrogen-bond donors (Lipinski definition) is 2. The molecule has 0 spiro atoms. The summed E-state index contributed by atoms with van der Waals surface area (Å²) in [5, 5.41) is 8.42. The Morgan fingerprint density at radius 3 is 1.76 bits per heavy atom. The molecule has 0 aliphatic rings. The van der Waals surface area contributed by atoms with Crippen LogP contribution in [0, 0.1) is 0 Å². The molecule has 0 unspecified atom stereocenters. The highest BCUT2D eigenvalue weighted by atomic mass is 16.5. The van der Waals surface area contributed by atoms with Gasteiger partial charge < -0.3 is 20.9 Å². The molecule has 150 valence electrons. The van der Waals surface area contributed by atoms with E-state index in [4.69, 9.17) is 20.9 Å². The van der Waals surface area contributed by atoms with Crippen LogP contribution in [0.4, 0.5) is 22.7 Å². The van der Waals surface area contributed by atoms with E-state index in [0.29, 0.717) is 30.3 Å². The lowest BCUT2D eigenvalue weighted by atomic mass is 10.2. The Morgan fingerprint density at radius 1 is 0.586 bits per heavy atom. The smallest absolute Gasteiger partial charge is 0.123 e. The molecule has 0 radical (unpaired) electrons. The fourth-order valence-electron chi connectivity index (χ4n) is 2.71. The van der Waals surface area contributed by atoms with Crippen molar-refractivity contribution in [2.24, 2.45) is 10.2 Å². The molecule has 0 fully saturated rings. The lowest BCUT2D eigenvalue weighted by Gasteiger charge is -2.09. The maximum atomic E-state index is 5.77. The van der Waals surface area contributed by atoms with Gasteiger partial charge in [0.05, 0.1) is 24.6 Å². The second-order valence-electron chi connectivity index (χ2n) is 6.62. The van der Waals surface area contributed by atoms with Crippen LogP contribution in [0.15, 0.2) is 83.0 Å². The highest BCUT2D eigenvalue weighted by Crippen LogP contribution is 2.22. The van der Waals surface area contributed by atoms with Gasteiger partial charge in [0.25, 0.3) is 0 Å². The van der Waals surface area contributed by atoms with Crippen molar-refractivity contribution < 1.29 is 9.47 Å². The second kappa shape index (κ2) is 10.7. The second-order valence-corrected chi connectivity index (χ2v) is 6.62. The summed E-state index contributed by atoms with van der Waals surface area (Å²) in [6, 6.07) is 22.5. The molecule has 0 bridgehead atoms. The van der Waals surface area contributed by atoms with E-state index in [0.717, 1.165) is 36.4 Å². The first kappa shape index (κ1) is 20.2. The predicted octanol–water partition coefficient (Wildman–Crippen LogP) is 5.89. The van der Waals surface area contributed by atoms with Crippen LogP contribution in [-0.2, 0) is 0 Å². The zero-order chi connectivity index (χ0) is 20.3. The van der Waals surface area contributed by atoms with Gasteiger partial charge in [0.1, 0.15) is 11.5 Å². The van der Waals surface area contributed by atoms with E-state index in [9.17, 15) is 0 Å². The van der Waals surface area contributed by atoms with Gasteiger partial charge in [0.2, 0.25) is 0 Å². The molecule has 0 aliphatic carbocycles. The molecule has 3 aromatic carbocycles. The number of azo groups is 1. The molecule has 0 saturated carbocycles. The summed E-state index contributed by atoms with van der Waals surface area (Å²) in [7, 11) is 0. The van der Waals surface area contributed by atoms with Gasteiger partial charge in [-0.2, -0.15) is 10.2 Å². The molecule has 4 N–H and O–H groups in total. The Balaban J connectivity index is 1.31. The molecule has 0 aromatic heterocycles. The van der Waals surface area contributed by atoms with Gasteiger partial charge in [-0.3, -0.25) is 0 Å². The lowest BCUT2D eigenvalue weighted by Crippen LogP contribution is -2.01. The molecule has 29 heavy (non-hydrogen) atoms. The number of benzene rings is 3. The average molecular weight is 390 g/mol. The molecule has 3 aromatic rings. The summed E-state index contributed by atoms with van der Waals surface area (Å²) in [6.07, 6.45) is 2.91. The standard InChI is InChI=1S/C23H26N4O2/c24-18-15-19(25)17-23(16-18)29-14-6-2-5-13-28-22-11-9-21(10-12-22)27-26-20-7-3-1-4-8-20/h1,3-4,7-12,15-17H,2,5-6,13-14,24-25H2. The molecular weight excluding hydrogens is 364 g/mol. The van der Waals surface area contributed by atoms with Crippen LogP contribution in [0.5, 0.6) is 11.5 Å². The van der Waals surface area contributed by atoms with Gasteiger partial charge in [0, 0.05) is 23.5 Å². The molecule has 6 nitrogen and oxygen atoms in total. The summed E-state index contributed by atoms with van der Waals surface area (Å²) in [4.78, 5) is 0. The fraction of sp³-hybridized carbons (Fsp3) is 0.217. The molecule has 0 atom stereocenters. The van der Waals surface area contributed by atoms with Crippen LogP contribution in [0.2, 0.25) is 0 Å². The number of ether oxygens (including phenoxy) is 2. The Hall–Kier alpha value is -3.54. The number of nitrogen functional groups attached to an aromatic ring is 2. The summed E-state index contributed by atoms with van der Waals surface area (Å²) in [5.41, 5.74) is 14.3. The van der Waals surface area contributed by atoms with Crippen molar-refractivity contribution in [3.8, 4) is 11.5 Å². The number of hydrogen-bond acceptors (Lipinski definition) is 6. The van der Waals surface area contributed by atoms with Crippen molar-refractivity contribution in [1.29, 1.82) is 0 Å². The topological polar surface area (TPSA) is 95.2 Å². The first-order valence-electron chi connectivity index (χ1n) is 9.67. The minimum absolute atomic E-state index is 0.612. The van der Waals surface area contributed by atoms with E-state index in [1.165, 1.54) is 0 Å². The van der Waals surface area contributed by atoms with Crippen molar-refractivity contribution in [3.63, 3.8) is 0 Å². The molecule has 0 amide bonds. The monoisotopic (exact) mass is 390 g/mol. The third-order valence-electron chi connectivity index (χ3n) is 4.15. The molecule has 3 rings (SSSR count). The van der Waals surface area contributed by atoms with Gasteiger partial charge in [-0.15, -0.1) is 0 Å². The van der Waals surface area contributed by atoms with Crippen molar-refractivity contribution in [2.75, 3.05) is 24.7 Å². The van der Waals surface area contributed by atoms with Crippen molar-refractivity contribution >= 4 is 22.7 Å². The number of nitrogens with zero attached hydrogens (tertiary/aromatic N) is 2. The normalized spacial score (nSPS) is 10.9. The van der Waals surface area contributed by atoms with E-state index >= 15 is 0 Å². The van der Waals surface area contributed by atoms with Crippen molar-refractivity contribution in [2.45, 2.75) is 19.3 Å². The van der Waals surface area contributed by atoms with Crippen LogP contribution in [0.25, 0.3) is 0 Å². The minimum atomic E-state index is 0.612. The molecular formula is C23H26N4O2. The SMILES string of the molecule is Nc1cc(N)cc(OCCCCCOc2ccc(N=Nc3ccccc3)cc2)c1. The largest absolute Gasteiger partial charge is 0.494 e. The summed E-state index contributed by atoms with van der Waals surface area (Å²) in [5.74, 6) is 1.54. The van der Waals surface area contributed by atoms with Crippen LogP contribution >= 0.6 is 0 Å². The Bertz CT molecular complexity index is 892. The van der Waals surface area contributed by atoms with Crippen LogP contribution < -0.4 is 20.9 Å². The van der Waals surface area contributed by atoms with Gasteiger partial charge in [-0.05, 0) is 61.7 Å². The fourth-order valence-corrected chi connectivity index (χ4v) is 2.71. The summed E-state index contributed by atoms with van der Waals surface area (Å²) in [6.45, 7) is 1.29. The van der Waals surface area contributed by atoms with Crippen LogP contribution in [0.1, 0.15) is 19.3 Å². The average Bonchev–Trinajstić information content (AvgIpc) is 2.72.